The highest BCUT2D eigenvalue weighted by Crippen LogP contribution is 2.36. The van der Waals surface area contributed by atoms with Crippen molar-refractivity contribution in [2.24, 2.45) is 7.05 Å². The smallest absolute Gasteiger partial charge is 0.296 e. The maximum atomic E-state index is 13.0. The number of para-hydroxylation sites is 1. The van der Waals surface area contributed by atoms with Gasteiger partial charge in [0.05, 0.1) is 29.9 Å². The number of nitrogens with one attached hydrogen (secondary N) is 1. The number of aryl methyl sites for hydroxylation is 2. The minimum atomic E-state index is -0.420. The lowest BCUT2D eigenvalue weighted by molar-refractivity contribution is -0.122. The molecule has 0 saturated heterocycles. The number of hydrogen-bond donors (Lipinski definition) is 1. The number of carbonyl (C=O) groups excluding carboxylic acids is 3. The van der Waals surface area contributed by atoms with Crippen molar-refractivity contribution in [1.29, 1.82) is 0 Å². The van der Waals surface area contributed by atoms with Crippen molar-refractivity contribution in [3.05, 3.63) is 81.3 Å². The van der Waals surface area contributed by atoms with Crippen LogP contribution in [0.4, 0.5) is 11.4 Å². The maximum Gasteiger partial charge on any atom is 0.296 e. The minimum Gasteiger partial charge on any atom is -0.486 e. The second-order valence-corrected chi connectivity index (χ2v) is 11.4. The lowest BCUT2D eigenvalue weighted by Gasteiger charge is -2.28. The van der Waals surface area contributed by atoms with E-state index in [9.17, 15) is 14.4 Å². The van der Waals surface area contributed by atoms with Crippen LogP contribution in [0, 0.1) is 0 Å². The third-order valence-electron chi connectivity index (χ3n) is 7.73. The van der Waals surface area contributed by atoms with Crippen LogP contribution in [0.25, 0.3) is 17.1 Å². The van der Waals surface area contributed by atoms with E-state index < -0.39 is 5.91 Å². The summed E-state index contributed by atoms with van der Waals surface area (Å²) in [6.07, 6.45) is 4.81. The van der Waals surface area contributed by atoms with Crippen molar-refractivity contribution in [3.63, 3.8) is 0 Å². The summed E-state index contributed by atoms with van der Waals surface area (Å²) >= 11 is 13.2. The third-order valence-corrected chi connectivity index (χ3v) is 8.51. The monoisotopic (exact) mass is 649 g/mol. The summed E-state index contributed by atoms with van der Waals surface area (Å²) in [6.45, 7) is 2.05. The highest BCUT2D eigenvalue weighted by Gasteiger charge is 2.21. The molecule has 1 aliphatic heterocycles. The number of benzene rings is 3. The number of amides is 3. The lowest BCUT2D eigenvalue weighted by atomic mass is 9.99. The topological polar surface area (TPSA) is 106 Å². The molecule has 0 spiro atoms. The molecule has 1 aliphatic rings. The van der Waals surface area contributed by atoms with Crippen LogP contribution in [-0.2, 0) is 34.5 Å². The van der Waals surface area contributed by atoms with Gasteiger partial charge in [-0.1, -0.05) is 35.3 Å². The average Bonchev–Trinajstić information content (AvgIpc) is 3.37. The summed E-state index contributed by atoms with van der Waals surface area (Å²) in [5.74, 6) is -0.261. The molecule has 1 aromatic heterocycles. The average molecular weight is 651 g/mol. The molecule has 3 aromatic carbocycles. The summed E-state index contributed by atoms with van der Waals surface area (Å²) in [5, 5.41) is 3.26. The Labute approximate surface area is 271 Å². The molecular weight excluding hydrogens is 617 g/mol. The molecule has 0 fully saturated rings. The van der Waals surface area contributed by atoms with Gasteiger partial charge >= 0.3 is 0 Å². The molecule has 0 bridgehead atoms. The summed E-state index contributed by atoms with van der Waals surface area (Å²) in [4.78, 5) is 45.1. The Morgan fingerprint density at radius 1 is 1.13 bits per heavy atom. The van der Waals surface area contributed by atoms with Crippen molar-refractivity contribution in [3.8, 4) is 11.8 Å². The van der Waals surface area contributed by atoms with Gasteiger partial charge < -0.3 is 24.6 Å². The van der Waals surface area contributed by atoms with E-state index in [-0.39, 0.29) is 30.0 Å². The van der Waals surface area contributed by atoms with Crippen LogP contribution >= 0.6 is 23.2 Å². The molecule has 0 aliphatic carbocycles. The zero-order valence-electron chi connectivity index (χ0n) is 25.4. The quantitative estimate of drug-likeness (QED) is 0.238. The molecule has 4 aromatic rings. The molecule has 0 atom stereocenters. The number of halogens is 2. The predicted octanol–water partition coefficient (Wildman–Crippen LogP) is 5.56. The Bertz CT molecular complexity index is 1820. The van der Waals surface area contributed by atoms with Crippen molar-refractivity contribution in [1.82, 2.24) is 14.9 Å². The molecule has 5 rings (SSSR count). The van der Waals surface area contributed by atoms with E-state index in [0.29, 0.717) is 40.1 Å². The first-order chi connectivity index (χ1) is 21.6. The van der Waals surface area contributed by atoms with Crippen LogP contribution in [0.2, 0.25) is 10.0 Å². The Kier molecular flexibility index (Phi) is 9.65. The van der Waals surface area contributed by atoms with Gasteiger partial charge in [0.1, 0.15) is 17.9 Å². The van der Waals surface area contributed by atoms with Gasteiger partial charge in [-0.15, -0.1) is 0 Å². The summed E-state index contributed by atoms with van der Waals surface area (Å²) in [5.41, 5.74) is 5.18. The second kappa shape index (κ2) is 13.6. The van der Waals surface area contributed by atoms with E-state index in [0.717, 1.165) is 35.2 Å². The van der Waals surface area contributed by atoms with Gasteiger partial charge in [-0.2, -0.15) is 4.98 Å². The molecule has 0 unspecified atom stereocenters. The number of rotatable bonds is 9. The number of nitrogens with zero attached hydrogens (tertiary/aromatic N) is 4. The highest BCUT2D eigenvalue weighted by atomic mass is 35.5. The minimum absolute atomic E-state index is 0.0116. The first kappa shape index (κ1) is 31.9. The number of likely N-dealkylation sites (N-methyl/N-ethyl adjacent to an activating group) is 1. The largest absolute Gasteiger partial charge is 0.486 e. The van der Waals surface area contributed by atoms with Gasteiger partial charge in [0.15, 0.2) is 0 Å². The van der Waals surface area contributed by atoms with Crippen LogP contribution in [-0.4, -0.2) is 54.5 Å². The first-order valence-corrected chi connectivity index (χ1v) is 15.1. The normalized spacial score (nSPS) is 12.7. The van der Waals surface area contributed by atoms with Gasteiger partial charge in [0.2, 0.25) is 17.7 Å². The first-order valence-electron chi connectivity index (χ1n) is 14.3. The van der Waals surface area contributed by atoms with Crippen LogP contribution in [0.3, 0.4) is 0 Å². The van der Waals surface area contributed by atoms with Crippen LogP contribution < -0.4 is 24.6 Å². The highest BCUT2D eigenvalue weighted by molar-refractivity contribution is 6.38. The number of hydrogen-bond acceptors (Lipinski definition) is 6. The summed E-state index contributed by atoms with van der Waals surface area (Å²) in [6, 6.07) is 15.0. The van der Waals surface area contributed by atoms with Crippen molar-refractivity contribution in [2.75, 3.05) is 37.0 Å². The molecule has 3 amide bonds. The van der Waals surface area contributed by atoms with E-state index >= 15 is 0 Å². The molecule has 1 N–H and O–H groups in total. The number of ether oxygens (including phenoxy) is 2. The van der Waals surface area contributed by atoms with Crippen LogP contribution in [0.5, 0.6) is 11.8 Å². The summed E-state index contributed by atoms with van der Waals surface area (Å²) < 4.78 is 13.2. The Hall–Kier alpha value is -4.54. The SMILES string of the molecule is COc1nc2c(OCc3c(Cl)ccc(N(C)C(=O)CNC(=O)/C=C/c4ccc5c(c4)CCCN5C(C)=O)c3Cl)cccc2n1C. The van der Waals surface area contributed by atoms with Gasteiger partial charge in [-0.25, -0.2) is 0 Å². The van der Waals surface area contributed by atoms with Gasteiger partial charge in [0, 0.05) is 49.9 Å². The maximum absolute atomic E-state index is 13.0. The molecule has 45 heavy (non-hydrogen) atoms. The number of methoxy groups -OCH3 is 1. The molecule has 0 radical (unpaired) electrons. The van der Waals surface area contributed by atoms with Gasteiger partial charge in [-0.05, 0) is 66.4 Å². The predicted molar refractivity (Wildman–Crippen MR) is 176 cm³/mol. The van der Waals surface area contributed by atoms with E-state index in [4.69, 9.17) is 32.7 Å². The van der Waals surface area contributed by atoms with Crippen molar-refractivity contribution in [2.45, 2.75) is 26.4 Å². The molecule has 0 saturated carbocycles. The van der Waals surface area contributed by atoms with E-state index in [1.54, 1.807) is 50.3 Å². The lowest BCUT2D eigenvalue weighted by Crippen LogP contribution is -2.37. The Balaban J connectivity index is 1.21. The number of fused-ring (bicyclic) bond motifs is 2. The fourth-order valence-corrected chi connectivity index (χ4v) is 5.89. The number of aromatic nitrogens is 2. The molecule has 234 valence electrons. The molecule has 2 heterocycles. The summed E-state index contributed by atoms with van der Waals surface area (Å²) in [7, 11) is 4.97. The molecule has 12 heteroatoms. The van der Waals surface area contributed by atoms with Crippen LogP contribution in [0.1, 0.15) is 30.0 Å². The van der Waals surface area contributed by atoms with E-state index in [1.807, 2.05) is 41.9 Å². The van der Waals surface area contributed by atoms with Crippen LogP contribution in [0.15, 0.2) is 54.6 Å². The molecular formula is C33H33Cl2N5O5. The number of imidazole rings is 1. The zero-order valence-corrected chi connectivity index (χ0v) is 26.9. The van der Waals surface area contributed by atoms with Crippen molar-refractivity contribution < 1.29 is 23.9 Å². The van der Waals surface area contributed by atoms with Crippen molar-refractivity contribution >= 4 is 69.4 Å². The third kappa shape index (κ3) is 6.77. The zero-order chi connectivity index (χ0) is 32.2. The number of anilines is 2. The fourth-order valence-electron chi connectivity index (χ4n) is 5.29. The standard InChI is InChI=1S/C33H33Cl2N5O5/c1-20(41)40-16-6-7-22-17-21(10-13-25(22)40)11-15-29(42)36-18-30(43)38(2)26-14-12-24(34)23(31(26)35)19-45-28-9-5-8-27-32(28)37-33(44-4)39(27)3/h5,8-15,17H,6-7,16,18-19H2,1-4H3,(H,36,42)/b15-11+. The number of carbonyl (C=O) groups is 3. The van der Waals surface area contributed by atoms with Gasteiger partial charge in [0.25, 0.3) is 6.01 Å². The molecule has 10 nitrogen and oxygen atoms in total. The fraction of sp³-hybridized carbons (Fsp3) is 0.273. The second-order valence-electron chi connectivity index (χ2n) is 10.6. The Morgan fingerprint density at radius 3 is 2.69 bits per heavy atom. The van der Waals surface area contributed by atoms with E-state index in [2.05, 4.69) is 10.3 Å². The van der Waals surface area contributed by atoms with E-state index in [1.165, 1.54) is 11.0 Å². The van der Waals surface area contributed by atoms with Gasteiger partial charge in [-0.3, -0.25) is 19.0 Å². The Morgan fingerprint density at radius 2 is 1.93 bits per heavy atom.